The van der Waals surface area contributed by atoms with Crippen molar-refractivity contribution < 1.29 is 9.47 Å². The van der Waals surface area contributed by atoms with Crippen molar-refractivity contribution >= 4 is 15.9 Å². The average Bonchev–Trinajstić information content (AvgIpc) is 2.52. The van der Waals surface area contributed by atoms with Gasteiger partial charge in [0.15, 0.2) is 11.5 Å². The molecule has 20 heavy (non-hydrogen) atoms. The van der Waals surface area contributed by atoms with Crippen LogP contribution in [0.3, 0.4) is 0 Å². The minimum Gasteiger partial charge on any atom is -0.493 e. The molecular formula is C16H14BrNO2. The van der Waals surface area contributed by atoms with E-state index < -0.39 is 0 Å². The Bertz CT molecular complexity index is 612. The van der Waals surface area contributed by atoms with Gasteiger partial charge in [0.05, 0.1) is 18.7 Å². The summed E-state index contributed by atoms with van der Waals surface area (Å²) >= 11 is 3.44. The van der Waals surface area contributed by atoms with Crippen molar-refractivity contribution in [1.82, 2.24) is 0 Å². The van der Waals surface area contributed by atoms with Crippen molar-refractivity contribution in [2.45, 2.75) is 11.9 Å². The van der Waals surface area contributed by atoms with Gasteiger partial charge in [-0.15, -0.1) is 0 Å². The lowest BCUT2D eigenvalue weighted by Crippen LogP contribution is -2.02. The van der Waals surface area contributed by atoms with E-state index in [-0.39, 0.29) is 0 Å². The van der Waals surface area contributed by atoms with Gasteiger partial charge in [-0.25, -0.2) is 0 Å². The van der Waals surface area contributed by atoms with E-state index in [2.05, 4.69) is 22.0 Å². The second kappa shape index (κ2) is 6.97. The molecule has 102 valence electrons. The summed E-state index contributed by atoms with van der Waals surface area (Å²) < 4.78 is 11.2. The highest BCUT2D eigenvalue weighted by Gasteiger charge is 2.11. The number of hydrogen-bond donors (Lipinski definition) is 0. The number of halogens is 1. The van der Waals surface area contributed by atoms with Crippen molar-refractivity contribution in [3.05, 3.63) is 59.2 Å². The number of ether oxygens (including phenoxy) is 2. The van der Waals surface area contributed by atoms with Crippen LogP contribution in [0, 0.1) is 11.3 Å². The molecule has 0 aliphatic rings. The summed E-state index contributed by atoms with van der Waals surface area (Å²) in [7, 11) is 1.61. The van der Waals surface area contributed by atoms with E-state index in [1.54, 1.807) is 13.2 Å². The summed E-state index contributed by atoms with van der Waals surface area (Å²) in [5.74, 6) is 1.40. The Morgan fingerprint density at radius 3 is 2.55 bits per heavy atom. The van der Waals surface area contributed by atoms with Gasteiger partial charge in [-0.1, -0.05) is 46.3 Å². The van der Waals surface area contributed by atoms with Gasteiger partial charge in [-0.3, -0.25) is 0 Å². The van der Waals surface area contributed by atoms with Crippen LogP contribution in [-0.2, 0) is 11.9 Å². The minimum absolute atomic E-state index is 0.337. The lowest BCUT2D eigenvalue weighted by atomic mass is 10.1. The zero-order valence-corrected chi connectivity index (χ0v) is 12.7. The van der Waals surface area contributed by atoms with E-state index in [0.29, 0.717) is 29.0 Å². The van der Waals surface area contributed by atoms with Gasteiger partial charge in [-0.05, 0) is 12.1 Å². The first-order valence-corrected chi connectivity index (χ1v) is 7.25. The molecule has 0 amide bonds. The number of methoxy groups -OCH3 is 1. The lowest BCUT2D eigenvalue weighted by molar-refractivity contribution is 0.282. The first kappa shape index (κ1) is 14.4. The first-order chi connectivity index (χ1) is 9.80. The van der Waals surface area contributed by atoms with Gasteiger partial charge in [0.25, 0.3) is 0 Å². The highest BCUT2D eigenvalue weighted by atomic mass is 79.9. The predicted molar refractivity (Wildman–Crippen MR) is 81.1 cm³/mol. The van der Waals surface area contributed by atoms with E-state index in [9.17, 15) is 0 Å². The normalized spacial score (nSPS) is 9.85. The zero-order valence-electron chi connectivity index (χ0n) is 11.1. The summed E-state index contributed by atoms with van der Waals surface area (Å²) in [6.45, 7) is 0.337. The van der Waals surface area contributed by atoms with Crippen LogP contribution in [0.5, 0.6) is 11.5 Å². The third kappa shape index (κ3) is 3.12. The Kier molecular flexibility index (Phi) is 5.03. The van der Waals surface area contributed by atoms with Gasteiger partial charge in [0.1, 0.15) is 6.61 Å². The summed E-state index contributed by atoms with van der Waals surface area (Å²) in [5, 5.41) is 9.76. The highest BCUT2D eigenvalue weighted by Crippen LogP contribution is 2.33. The Morgan fingerprint density at radius 2 is 1.85 bits per heavy atom. The Labute approximate surface area is 126 Å². The molecule has 0 bridgehead atoms. The number of para-hydroxylation sites is 1. The Morgan fingerprint density at radius 1 is 1.10 bits per heavy atom. The standard InChI is InChI=1S/C16H14BrNO2/c1-19-15-8-4-7-12(9-17)16(15)20-11-14-6-3-2-5-13(14)10-18/h2-8H,9,11H2,1H3. The largest absolute Gasteiger partial charge is 0.493 e. The van der Waals surface area contributed by atoms with Gasteiger partial charge >= 0.3 is 0 Å². The SMILES string of the molecule is COc1cccc(CBr)c1OCc1ccccc1C#N. The third-order valence-electron chi connectivity index (χ3n) is 2.93. The van der Waals surface area contributed by atoms with Crippen molar-refractivity contribution in [1.29, 1.82) is 5.26 Å². The fourth-order valence-electron chi connectivity index (χ4n) is 1.90. The predicted octanol–water partition coefficient (Wildman–Crippen LogP) is 4.04. The fourth-order valence-corrected chi connectivity index (χ4v) is 2.34. The number of alkyl halides is 1. The molecule has 0 saturated carbocycles. The van der Waals surface area contributed by atoms with Crippen LogP contribution in [0.25, 0.3) is 0 Å². The molecular weight excluding hydrogens is 318 g/mol. The second-order valence-corrected chi connectivity index (χ2v) is 4.70. The second-order valence-electron chi connectivity index (χ2n) is 4.14. The lowest BCUT2D eigenvalue weighted by Gasteiger charge is -2.14. The summed E-state index contributed by atoms with van der Waals surface area (Å²) in [6, 6.07) is 15.3. The molecule has 0 spiro atoms. The third-order valence-corrected chi connectivity index (χ3v) is 3.54. The van der Waals surface area contributed by atoms with Crippen molar-refractivity contribution in [3.8, 4) is 17.6 Å². The zero-order chi connectivity index (χ0) is 14.4. The number of nitrogens with zero attached hydrogens (tertiary/aromatic N) is 1. The monoisotopic (exact) mass is 331 g/mol. The van der Waals surface area contributed by atoms with E-state index >= 15 is 0 Å². The van der Waals surface area contributed by atoms with Crippen molar-refractivity contribution in [2.75, 3.05) is 7.11 Å². The minimum atomic E-state index is 0.337. The van der Waals surface area contributed by atoms with Gasteiger partial charge < -0.3 is 9.47 Å². The topological polar surface area (TPSA) is 42.2 Å². The molecule has 0 aliphatic heterocycles. The molecule has 3 nitrogen and oxygen atoms in total. The highest BCUT2D eigenvalue weighted by molar-refractivity contribution is 9.08. The molecule has 0 saturated heterocycles. The molecule has 4 heteroatoms. The number of rotatable bonds is 5. The van der Waals surface area contributed by atoms with Crippen LogP contribution < -0.4 is 9.47 Å². The molecule has 0 N–H and O–H groups in total. The molecule has 2 aromatic rings. The average molecular weight is 332 g/mol. The molecule has 0 unspecified atom stereocenters. The van der Waals surface area contributed by atoms with Crippen molar-refractivity contribution in [3.63, 3.8) is 0 Å². The molecule has 0 aliphatic carbocycles. The number of hydrogen-bond acceptors (Lipinski definition) is 3. The Hall–Kier alpha value is -1.99. The van der Waals surface area contributed by atoms with Crippen LogP contribution >= 0.6 is 15.9 Å². The van der Waals surface area contributed by atoms with Crippen LogP contribution in [0.15, 0.2) is 42.5 Å². The maximum atomic E-state index is 9.08. The number of benzene rings is 2. The molecule has 2 rings (SSSR count). The van der Waals surface area contributed by atoms with E-state index in [1.807, 2.05) is 36.4 Å². The van der Waals surface area contributed by atoms with Gasteiger partial charge in [0, 0.05) is 16.5 Å². The maximum Gasteiger partial charge on any atom is 0.165 e. The summed E-state index contributed by atoms with van der Waals surface area (Å²) in [4.78, 5) is 0. The molecule has 0 fully saturated rings. The molecule has 0 heterocycles. The van der Waals surface area contributed by atoms with Crippen LogP contribution in [0.4, 0.5) is 0 Å². The molecule has 2 aromatic carbocycles. The molecule has 0 atom stereocenters. The van der Waals surface area contributed by atoms with Crippen LogP contribution in [0.2, 0.25) is 0 Å². The molecule has 0 radical (unpaired) electrons. The van der Waals surface area contributed by atoms with E-state index in [1.165, 1.54) is 0 Å². The number of nitriles is 1. The molecule has 0 aromatic heterocycles. The smallest absolute Gasteiger partial charge is 0.165 e. The quantitative estimate of drug-likeness (QED) is 0.776. The van der Waals surface area contributed by atoms with E-state index in [4.69, 9.17) is 14.7 Å². The summed E-state index contributed by atoms with van der Waals surface area (Å²) in [6.07, 6.45) is 0. The van der Waals surface area contributed by atoms with Crippen LogP contribution in [0.1, 0.15) is 16.7 Å². The summed E-state index contributed by atoms with van der Waals surface area (Å²) in [5.41, 5.74) is 2.50. The fraction of sp³-hybridized carbons (Fsp3) is 0.188. The van der Waals surface area contributed by atoms with Gasteiger partial charge in [-0.2, -0.15) is 5.26 Å². The first-order valence-electron chi connectivity index (χ1n) is 6.12. The van der Waals surface area contributed by atoms with Crippen LogP contribution in [-0.4, -0.2) is 7.11 Å². The van der Waals surface area contributed by atoms with Gasteiger partial charge in [0.2, 0.25) is 0 Å². The Balaban J connectivity index is 2.25. The van der Waals surface area contributed by atoms with E-state index in [0.717, 1.165) is 11.1 Å². The maximum absolute atomic E-state index is 9.08. The van der Waals surface area contributed by atoms with Crippen molar-refractivity contribution in [2.24, 2.45) is 0 Å².